The van der Waals surface area contributed by atoms with Gasteiger partial charge in [-0.05, 0) is 22.6 Å². The molecule has 2 nitrogen and oxygen atoms in total. The maximum absolute atomic E-state index is 13.1. The predicted octanol–water partition coefficient (Wildman–Crippen LogP) is 4.60. The summed E-state index contributed by atoms with van der Waals surface area (Å²) < 4.78 is 0. The molecule has 22 heavy (non-hydrogen) atoms. The van der Waals surface area contributed by atoms with Gasteiger partial charge in [-0.1, -0.05) is 54.6 Å². The monoisotopic (exact) mass is 281 g/mol. The van der Waals surface area contributed by atoms with E-state index in [-0.39, 0.29) is 5.78 Å². The van der Waals surface area contributed by atoms with Crippen LogP contribution < -0.4 is 0 Å². The number of aromatic nitrogens is 1. The molecule has 1 aliphatic rings. The zero-order chi connectivity index (χ0) is 14.7. The Bertz CT molecular complexity index is 1090. The van der Waals surface area contributed by atoms with Crippen molar-refractivity contribution in [3.63, 3.8) is 0 Å². The standard InChI is InChI=1S/C20H11NO/c22-20-16-8-2-5-12-4-1-7-14(17(12)16)15-10-9-13-6-3-11-21-19(13)18(15)20/h1-11H. The molecule has 0 fully saturated rings. The van der Waals surface area contributed by atoms with E-state index >= 15 is 0 Å². The molecule has 102 valence electrons. The van der Waals surface area contributed by atoms with E-state index in [9.17, 15) is 4.79 Å². The molecule has 0 bridgehead atoms. The second kappa shape index (κ2) is 4.01. The Morgan fingerprint density at radius 1 is 0.682 bits per heavy atom. The molecule has 0 aliphatic heterocycles. The van der Waals surface area contributed by atoms with Crippen LogP contribution >= 0.6 is 0 Å². The summed E-state index contributed by atoms with van der Waals surface area (Å²) in [6, 6.07) is 20.1. The first kappa shape index (κ1) is 11.6. The van der Waals surface area contributed by atoms with E-state index in [0.717, 1.165) is 43.9 Å². The van der Waals surface area contributed by atoms with Gasteiger partial charge in [0.1, 0.15) is 0 Å². The van der Waals surface area contributed by atoms with Gasteiger partial charge in [0.15, 0.2) is 5.78 Å². The van der Waals surface area contributed by atoms with Crippen molar-refractivity contribution in [3.8, 4) is 11.1 Å². The lowest BCUT2D eigenvalue weighted by Gasteiger charge is -2.20. The Balaban J connectivity index is 2.04. The third-order valence-electron chi connectivity index (χ3n) is 4.44. The second-order valence-electron chi connectivity index (χ2n) is 5.60. The Kier molecular flexibility index (Phi) is 2.12. The fourth-order valence-electron chi connectivity index (χ4n) is 3.49. The summed E-state index contributed by atoms with van der Waals surface area (Å²) in [5.41, 5.74) is 4.40. The predicted molar refractivity (Wildman–Crippen MR) is 88.1 cm³/mol. The Morgan fingerprint density at radius 3 is 2.32 bits per heavy atom. The Labute approximate surface area is 127 Å². The second-order valence-corrected chi connectivity index (χ2v) is 5.60. The molecule has 2 heteroatoms. The summed E-state index contributed by atoms with van der Waals surface area (Å²) in [6.07, 6.45) is 1.75. The quantitative estimate of drug-likeness (QED) is 0.415. The molecule has 0 unspecified atom stereocenters. The number of hydrogen-bond donors (Lipinski definition) is 0. The van der Waals surface area contributed by atoms with Gasteiger partial charge >= 0.3 is 0 Å². The van der Waals surface area contributed by atoms with Crippen molar-refractivity contribution in [2.45, 2.75) is 0 Å². The molecule has 0 amide bonds. The van der Waals surface area contributed by atoms with Crippen LogP contribution in [0.4, 0.5) is 0 Å². The van der Waals surface area contributed by atoms with Gasteiger partial charge in [0.2, 0.25) is 0 Å². The molecule has 1 heterocycles. The SMILES string of the molecule is O=C1c2c(ccc3cccnc23)-c2cccc3cccc1c23. The van der Waals surface area contributed by atoms with Crippen LogP contribution in [0.25, 0.3) is 32.8 Å². The summed E-state index contributed by atoms with van der Waals surface area (Å²) in [5, 5.41) is 3.16. The van der Waals surface area contributed by atoms with Gasteiger partial charge in [0.05, 0.1) is 11.1 Å². The van der Waals surface area contributed by atoms with Gasteiger partial charge in [-0.2, -0.15) is 0 Å². The highest BCUT2D eigenvalue weighted by Gasteiger charge is 2.27. The highest BCUT2D eigenvalue weighted by atomic mass is 16.1. The van der Waals surface area contributed by atoms with Crippen molar-refractivity contribution in [2.75, 3.05) is 0 Å². The van der Waals surface area contributed by atoms with Crippen LogP contribution in [0.3, 0.4) is 0 Å². The summed E-state index contributed by atoms with van der Waals surface area (Å²) in [5.74, 6) is 0.0728. The topological polar surface area (TPSA) is 30.0 Å². The minimum Gasteiger partial charge on any atom is -0.288 e. The molecule has 0 N–H and O–H groups in total. The molecule has 3 aromatic carbocycles. The van der Waals surface area contributed by atoms with Crippen molar-refractivity contribution in [1.29, 1.82) is 0 Å². The number of hydrogen-bond acceptors (Lipinski definition) is 2. The average Bonchev–Trinajstić information content (AvgIpc) is 2.58. The third kappa shape index (κ3) is 1.34. The summed E-state index contributed by atoms with van der Waals surface area (Å²) >= 11 is 0. The first-order chi connectivity index (χ1) is 10.8. The normalized spacial score (nSPS) is 12.6. The number of carbonyl (C=O) groups is 1. The third-order valence-corrected chi connectivity index (χ3v) is 4.44. The zero-order valence-corrected chi connectivity index (χ0v) is 11.7. The first-order valence-corrected chi connectivity index (χ1v) is 7.29. The summed E-state index contributed by atoms with van der Waals surface area (Å²) in [7, 11) is 0. The Morgan fingerprint density at radius 2 is 1.45 bits per heavy atom. The van der Waals surface area contributed by atoms with Crippen LogP contribution in [0.2, 0.25) is 0 Å². The van der Waals surface area contributed by atoms with E-state index in [0.29, 0.717) is 0 Å². The summed E-state index contributed by atoms with van der Waals surface area (Å²) in [4.78, 5) is 17.5. The van der Waals surface area contributed by atoms with Crippen LogP contribution in [0.1, 0.15) is 15.9 Å². The molecule has 5 rings (SSSR count). The number of carbonyl (C=O) groups excluding carboxylic acids is 1. The van der Waals surface area contributed by atoms with Crippen LogP contribution in [-0.4, -0.2) is 10.8 Å². The number of rotatable bonds is 0. The van der Waals surface area contributed by atoms with Crippen molar-refractivity contribution in [1.82, 2.24) is 4.98 Å². The number of fused-ring (bicyclic) bond motifs is 4. The van der Waals surface area contributed by atoms with E-state index < -0.39 is 0 Å². The molecule has 0 spiro atoms. The van der Waals surface area contributed by atoms with E-state index in [2.05, 4.69) is 23.2 Å². The number of pyridine rings is 1. The lowest BCUT2D eigenvalue weighted by atomic mass is 9.82. The molecule has 0 atom stereocenters. The van der Waals surface area contributed by atoms with Gasteiger partial charge in [0.25, 0.3) is 0 Å². The minimum absolute atomic E-state index is 0.0728. The smallest absolute Gasteiger partial charge is 0.196 e. The molecule has 0 saturated heterocycles. The van der Waals surface area contributed by atoms with Crippen molar-refractivity contribution >= 4 is 27.5 Å². The van der Waals surface area contributed by atoms with Crippen LogP contribution in [-0.2, 0) is 0 Å². The highest BCUT2D eigenvalue weighted by molar-refractivity contribution is 6.29. The van der Waals surface area contributed by atoms with Crippen LogP contribution in [0.15, 0.2) is 66.9 Å². The van der Waals surface area contributed by atoms with Gasteiger partial charge in [-0.25, -0.2) is 0 Å². The van der Waals surface area contributed by atoms with E-state index in [1.165, 1.54) is 0 Å². The van der Waals surface area contributed by atoms with Gasteiger partial charge in [-0.3, -0.25) is 9.78 Å². The molecular weight excluding hydrogens is 270 g/mol. The zero-order valence-electron chi connectivity index (χ0n) is 11.7. The molecule has 0 radical (unpaired) electrons. The highest BCUT2D eigenvalue weighted by Crippen LogP contribution is 2.41. The van der Waals surface area contributed by atoms with E-state index in [1.54, 1.807) is 6.20 Å². The van der Waals surface area contributed by atoms with Crippen LogP contribution in [0.5, 0.6) is 0 Å². The van der Waals surface area contributed by atoms with E-state index in [1.807, 2.05) is 42.5 Å². The van der Waals surface area contributed by atoms with Crippen LogP contribution in [0, 0.1) is 0 Å². The minimum atomic E-state index is 0.0728. The summed E-state index contributed by atoms with van der Waals surface area (Å²) in [6.45, 7) is 0. The molecule has 1 aromatic heterocycles. The largest absolute Gasteiger partial charge is 0.288 e. The van der Waals surface area contributed by atoms with Gasteiger partial charge in [-0.15, -0.1) is 0 Å². The number of ketones is 1. The van der Waals surface area contributed by atoms with Crippen molar-refractivity contribution in [2.24, 2.45) is 0 Å². The average molecular weight is 281 g/mol. The molecule has 0 saturated carbocycles. The lowest BCUT2D eigenvalue weighted by Crippen LogP contribution is -2.11. The maximum atomic E-state index is 13.1. The fraction of sp³-hybridized carbons (Fsp3) is 0. The van der Waals surface area contributed by atoms with Crippen molar-refractivity contribution < 1.29 is 4.79 Å². The first-order valence-electron chi connectivity index (χ1n) is 7.29. The fourth-order valence-corrected chi connectivity index (χ4v) is 3.49. The van der Waals surface area contributed by atoms with Gasteiger partial charge in [0, 0.05) is 22.5 Å². The van der Waals surface area contributed by atoms with E-state index in [4.69, 9.17) is 0 Å². The van der Waals surface area contributed by atoms with Crippen molar-refractivity contribution in [3.05, 3.63) is 78.0 Å². The Hall–Kier alpha value is -3.00. The number of nitrogens with zero attached hydrogens (tertiary/aromatic N) is 1. The molecule has 1 aliphatic carbocycles. The number of benzene rings is 3. The molecular formula is C20H11NO. The maximum Gasteiger partial charge on any atom is 0.196 e. The molecule has 4 aromatic rings. The van der Waals surface area contributed by atoms with Gasteiger partial charge < -0.3 is 0 Å². The lowest BCUT2D eigenvalue weighted by molar-refractivity contribution is 0.104.